The first-order chi connectivity index (χ1) is 10.4. The van der Waals surface area contributed by atoms with Gasteiger partial charge >= 0.3 is 12.1 Å². The number of rotatable bonds is 4. The van der Waals surface area contributed by atoms with E-state index in [0.717, 1.165) is 0 Å². The number of esters is 1. The summed E-state index contributed by atoms with van der Waals surface area (Å²) in [4.78, 5) is 18.6. The average Bonchev–Trinajstić information content (AvgIpc) is 2.48. The lowest BCUT2D eigenvalue weighted by atomic mass is 10.3. The Morgan fingerprint density at radius 3 is 2.50 bits per heavy atom. The molecule has 5 nitrogen and oxygen atoms in total. The lowest BCUT2D eigenvalue weighted by molar-refractivity contribution is -0.141. The number of carbonyl (C=O) groups excluding carboxylic acids is 1. The van der Waals surface area contributed by atoms with Gasteiger partial charge in [0.1, 0.15) is 5.75 Å². The van der Waals surface area contributed by atoms with E-state index >= 15 is 0 Å². The minimum Gasteiger partial charge on any atom is -0.461 e. The fourth-order valence-electron chi connectivity index (χ4n) is 1.52. The van der Waals surface area contributed by atoms with Crippen LogP contribution in [0.25, 0.3) is 0 Å². The zero-order valence-corrected chi connectivity index (χ0v) is 11.4. The quantitative estimate of drug-likeness (QED) is 0.809. The molecule has 116 valence electrons. The highest BCUT2D eigenvalue weighted by atomic mass is 19.4. The first kappa shape index (κ1) is 15.7. The first-order valence-corrected chi connectivity index (χ1v) is 6.26. The van der Waals surface area contributed by atoms with E-state index in [4.69, 9.17) is 4.74 Å². The highest BCUT2D eigenvalue weighted by molar-refractivity contribution is 5.89. The van der Waals surface area contributed by atoms with Crippen LogP contribution in [0.15, 0.2) is 36.5 Å². The van der Waals surface area contributed by atoms with Gasteiger partial charge in [0.05, 0.1) is 12.8 Å². The van der Waals surface area contributed by atoms with E-state index in [9.17, 15) is 18.0 Å². The first-order valence-electron chi connectivity index (χ1n) is 6.26. The van der Waals surface area contributed by atoms with Gasteiger partial charge in [-0.1, -0.05) is 18.2 Å². The van der Waals surface area contributed by atoms with Gasteiger partial charge in [-0.25, -0.2) is 14.8 Å². The van der Waals surface area contributed by atoms with E-state index in [1.54, 1.807) is 30.3 Å². The summed E-state index contributed by atoms with van der Waals surface area (Å²) < 4.78 is 48.0. The minimum absolute atomic E-state index is 0.0124. The maximum absolute atomic E-state index is 12.7. The van der Waals surface area contributed by atoms with Crippen molar-refractivity contribution in [3.8, 4) is 11.6 Å². The molecule has 0 aliphatic rings. The van der Waals surface area contributed by atoms with Gasteiger partial charge in [-0.3, -0.25) is 0 Å². The smallest absolute Gasteiger partial charge is 0.434 e. The van der Waals surface area contributed by atoms with Crippen LogP contribution in [0.2, 0.25) is 0 Å². The van der Waals surface area contributed by atoms with Gasteiger partial charge in [0, 0.05) is 0 Å². The Bertz CT molecular complexity index is 660. The molecule has 0 amide bonds. The number of nitrogens with zero attached hydrogens (tertiary/aromatic N) is 2. The summed E-state index contributed by atoms with van der Waals surface area (Å²) in [6.45, 7) is 1.51. The third-order valence-electron chi connectivity index (χ3n) is 2.46. The van der Waals surface area contributed by atoms with Crippen LogP contribution in [0.5, 0.6) is 11.6 Å². The van der Waals surface area contributed by atoms with E-state index < -0.39 is 23.5 Å². The van der Waals surface area contributed by atoms with Crippen LogP contribution in [0.3, 0.4) is 0 Å². The predicted molar refractivity (Wildman–Crippen MR) is 69.5 cm³/mol. The molecule has 1 heterocycles. The van der Waals surface area contributed by atoms with E-state index in [1.807, 2.05) is 0 Å². The van der Waals surface area contributed by atoms with Crippen LogP contribution in [0.1, 0.15) is 23.1 Å². The molecule has 1 aromatic carbocycles. The summed E-state index contributed by atoms with van der Waals surface area (Å²) >= 11 is 0. The molecule has 2 rings (SSSR count). The van der Waals surface area contributed by atoms with E-state index in [2.05, 4.69) is 14.7 Å². The molecule has 2 aromatic rings. The third-order valence-corrected chi connectivity index (χ3v) is 2.46. The molecule has 0 spiro atoms. The fourth-order valence-corrected chi connectivity index (χ4v) is 1.52. The van der Waals surface area contributed by atoms with Crippen LogP contribution < -0.4 is 4.74 Å². The van der Waals surface area contributed by atoms with Gasteiger partial charge in [-0.15, -0.1) is 0 Å². The second-order valence-electron chi connectivity index (χ2n) is 4.04. The number of carbonyl (C=O) groups is 1. The van der Waals surface area contributed by atoms with Crippen molar-refractivity contribution >= 4 is 5.97 Å². The molecule has 8 heteroatoms. The molecule has 0 radical (unpaired) electrons. The van der Waals surface area contributed by atoms with Gasteiger partial charge in [0.15, 0.2) is 5.69 Å². The van der Waals surface area contributed by atoms with Crippen molar-refractivity contribution in [1.29, 1.82) is 0 Å². The molecule has 0 saturated heterocycles. The minimum atomic E-state index is -4.72. The van der Waals surface area contributed by atoms with E-state index in [-0.39, 0.29) is 12.5 Å². The molecule has 0 aliphatic heterocycles. The SMILES string of the molecule is CCOC(=O)c1nc(C(F)(F)F)cnc1Oc1ccccc1. The molecule has 0 fully saturated rings. The molecule has 0 N–H and O–H groups in total. The highest BCUT2D eigenvalue weighted by Gasteiger charge is 2.35. The van der Waals surface area contributed by atoms with Crippen LogP contribution in [0.4, 0.5) is 13.2 Å². The lowest BCUT2D eigenvalue weighted by Crippen LogP contribution is -2.16. The molecule has 1 aromatic heterocycles. The Kier molecular flexibility index (Phi) is 4.59. The van der Waals surface area contributed by atoms with Crippen molar-refractivity contribution < 1.29 is 27.4 Å². The van der Waals surface area contributed by atoms with Crippen molar-refractivity contribution in [2.24, 2.45) is 0 Å². The van der Waals surface area contributed by atoms with Crippen LogP contribution >= 0.6 is 0 Å². The van der Waals surface area contributed by atoms with Crippen molar-refractivity contribution in [2.75, 3.05) is 6.61 Å². The molecule has 0 bridgehead atoms. The highest BCUT2D eigenvalue weighted by Crippen LogP contribution is 2.30. The topological polar surface area (TPSA) is 61.3 Å². The second kappa shape index (κ2) is 6.42. The Labute approximate surface area is 123 Å². The number of benzene rings is 1. The number of ether oxygens (including phenoxy) is 2. The second-order valence-corrected chi connectivity index (χ2v) is 4.04. The summed E-state index contributed by atoms with van der Waals surface area (Å²) in [7, 11) is 0. The third kappa shape index (κ3) is 3.72. The maximum Gasteiger partial charge on any atom is 0.434 e. The number of alkyl halides is 3. The number of halogens is 3. The molecular weight excluding hydrogens is 301 g/mol. The monoisotopic (exact) mass is 312 g/mol. The number of para-hydroxylation sites is 1. The standard InChI is InChI=1S/C14H11F3N2O3/c1-2-21-13(20)11-12(22-9-6-4-3-5-7-9)18-8-10(19-11)14(15,16)17/h3-8H,2H2,1H3. The number of aromatic nitrogens is 2. The molecule has 22 heavy (non-hydrogen) atoms. The Hall–Kier alpha value is -2.64. The largest absolute Gasteiger partial charge is 0.461 e. The van der Waals surface area contributed by atoms with Gasteiger partial charge in [0.25, 0.3) is 5.88 Å². The van der Waals surface area contributed by atoms with Crippen LogP contribution in [-0.2, 0) is 10.9 Å². The van der Waals surface area contributed by atoms with Gasteiger partial charge < -0.3 is 9.47 Å². The summed E-state index contributed by atoms with van der Waals surface area (Å²) in [5.41, 5.74) is -1.92. The molecule has 0 aliphatic carbocycles. The molecular formula is C14H11F3N2O3. The lowest BCUT2D eigenvalue weighted by Gasteiger charge is -2.11. The average molecular weight is 312 g/mol. The summed E-state index contributed by atoms with van der Waals surface area (Å²) in [5, 5.41) is 0. The van der Waals surface area contributed by atoms with Gasteiger partial charge in [0.2, 0.25) is 5.69 Å². The number of hydrogen-bond acceptors (Lipinski definition) is 5. The van der Waals surface area contributed by atoms with E-state index in [1.165, 1.54) is 6.92 Å². The van der Waals surface area contributed by atoms with Crippen molar-refractivity contribution in [1.82, 2.24) is 9.97 Å². The van der Waals surface area contributed by atoms with Crippen molar-refractivity contribution in [2.45, 2.75) is 13.1 Å². The van der Waals surface area contributed by atoms with E-state index in [0.29, 0.717) is 11.9 Å². The van der Waals surface area contributed by atoms with Crippen LogP contribution in [0, 0.1) is 0 Å². The molecule has 0 unspecified atom stereocenters. The Morgan fingerprint density at radius 2 is 1.91 bits per heavy atom. The van der Waals surface area contributed by atoms with Gasteiger partial charge in [-0.05, 0) is 19.1 Å². The summed E-state index contributed by atoms with van der Waals surface area (Å²) in [6.07, 6.45) is -4.22. The van der Waals surface area contributed by atoms with Crippen molar-refractivity contribution in [3.05, 3.63) is 47.9 Å². The zero-order valence-electron chi connectivity index (χ0n) is 11.4. The normalized spacial score (nSPS) is 11.1. The predicted octanol–water partition coefficient (Wildman–Crippen LogP) is 3.46. The molecule has 0 saturated carbocycles. The molecule has 0 atom stereocenters. The zero-order chi connectivity index (χ0) is 16.2. The van der Waals surface area contributed by atoms with Gasteiger partial charge in [-0.2, -0.15) is 13.2 Å². The number of hydrogen-bond donors (Lipinski definition) is 0. The maximum atomic E-state index is 12.7. The van der Waals surface area contributed by atoms with Crippen LogP contribution in [-0.4, -0.2) is 22.5 Å². The van der Waals surface area contributed by atoms with Crippen molar-refractivity contribution in [3.63, 3.8) is 0 Å². The Balaban J connectivity index is 2.41. The fraction of sp³-hybridized carbons (Fsp3) is 0.214. The summed E-state index contributed by atoms with van der Waals surface area (Å²) in [6, 6.07) is 8.19. The summed E-state index contributed by atoms with van der Waals surface area (Å²) in [5.74, 6) is -1.08. The Morgan fingerprint density at radius 1 is 1.23 bits per heavy atom.